The van der Waals surface area contributed by atoms with Gasteiger partial charge in [-0.25, -0.2) is 9.78 Å². The minimum absolute atomic E-state index is 0.0739. The van der Waals surface area contributed by atoms with E-state index >= 15 is 0 Å². The number of non-ortho nitro benzene ring substituents is 1. The van der Waals surface area contributed by atoms with E-state index in [-0.39, 0.29) is 15.7 Å². The van der Waals surface area contributed by atoms with Crippen LogP contribution < -0.4 is 9.64 Å². The number of aromatic amines is 1. The fourth-order valence-electron chi connectivity index (χ4n) is 4.02. The van der Waals surface area contributed by atoms with Crippen molar-refractivity contribution >= 4 is 46.8 Å². The second kappa shape index (κ2) is 11.4. The fourth-order valence-corrected chi connectivity index (χ4v) is 4.89. The molecule has 12 heteroatoms. The van der Waals surface area contributed by atoms with E-state index < -0.39 is 10.9 Å². The second-order valence-electron chi connectivity index (χ2n) is 8.13. The van der Waals surface area contributed by atoms with Crippen LogP contribution >= 0.6 is 23.4 Å². The Morgan fingerprint density at radius 2 is 1.97 bits per heavy atom. The van der Waals surface area contributed by atoms with Crippen LogP contribution in [-0.4, -0.2) is 51.4 Å². The molecular formula is C24H24ClN5O5S. The first-order valence-corrected chi connectivity index (χ1v) is 12.5. The molecule has 0 aliphatic carbocycles. The number of H-pyrrole nitrogens is 1. The van der Waals surface area contributed by atoms with Crippen LogP contribution in [0.4, 0.5) is 11.4 Å². The molecule has 1 aliphatic rings. The highest BCUT2D eigenvalue weighted by Crippen LogP contribution is 2.35. The summed E-state index contributed by atoms with van der Waals surface area (Å²) in [5.41, 5.74) is 1.69. The summed E-state index contributed by atoms with van der Waals surface area (Å²) in [5, 5.41) is 28.9. The van der Waals surface area contributed by atoms with Crippen LogP contribution in [0, 0.1) is 10.1 Å². The normalized spacial score (nSPS) is 14.4. The number of aliphatic carboxylic acids is 1. The molecule has 0 saturated carbocycles. The molecule has 2 aromatic carbocycles. The Morgan fingerprint density at radius 3 is 2.64 bits per heavy atom. The molecule has 0 unspecified atom stereocenters. The Kier molecular flexibility index (Phi) is 8.11. The number of rotatable bonds is 8. The van der Waals surface area contributed by atoms with Gasteiger partial charge in [-0.05, 0) is 54.9 Å². The Balaban J connectivity index is 1.69. The molecule has 1 fully saturated rings. The number of hydrogen-bond donors (Lipinski definition) is 2. The van der Waals surface area contributed by atoms with E-state index in [0.29, 0.717) is 27.7 Å². The van der Waals surface area contributed by atoms with Gasteiger partial charge in [0.15, 0.2) is 5.82 Å². The monoisotopic (exact) mass is 529 g/mol. The second-order valence-corrected chi connectivity index (χ2v) is 9.57. The molecule has 0 spiro atoms. The average Bonchev–Trinajstić information content (AvgIpc) is 3.15. The third-order valence-corrected chi connectivity index (χ3v) is 6.86. The quantitative estimate of drug-likeness (QED) is 0.164. The maximum Gasteiger partial charge on any atom is 0.342 e. The zero-order valence-electron chi connectivity index (χ0n) is 19.4. The van der Waals surface area contributed by atoms with E-state index in [9.17, 15) is 20.0 Å². The lowest BCUT2D eigenvalue weighted by Crippen LogP contribution is -2.24. The summed E-state index contributed by atoms with van der Waals surface area (Å²) in [5.74, 6) is -0.304. The van der Waals surface area contributed by atoms with Gasteiger partial charge in [0.2, 0.25) is 5.16 Å². The van der Waals surface area contributed by atoms with Crippen molar-refractivity contribution in [1.82, 2.24) is 15.2 Å². The van der Waals surface area contributed by atoms with Crippen molar-refractivity contribution in [3.63, 3.8) is 0 Å². The van der Waals surface area contributed by atoms with E-state index in [2.05, 4.69) is 20.1 Å². The number of anilines is 1. The zero-order chi connectivity index (χ0) is 25.7. The van der Waals surface area contributed by atoms with Crippen molar-refractivity contribution in [3.05, 3.63) is 62.0 Å². The van der Waals surface area contributed by atoms with Crippen LogP contribution in [0.3, 0.4) is 0 Å². The van der Waals surface area contributed by atoms with Gasteiger partial charge < -0.3 is 14.7 Å². The van der Waals surface area contributed by atoms with Crippen molar-refractivity contribution in [1.29, 1.82) is 0 Å². The Bertz CT molecular complexity index is 1300. The van der Waals surface area contributed by atoms with Gasteiger partial charge in [-0.15, -0.1) is 5.10 Å². The van der Waals surface area contributed by atoms with Crippen molar-refractivity contribution in [2.75, 3.05) is 25.1 Å². The number of halogens is 1. The average molecular weight is 530 g/mol. The largest absolute Gasteiger partial charge is 0.496 e. The highest BCUT2D eigenvalue weighted by molar-refractivity contribution is 8.04. The highest BCUT2D eigenvalue weighted by atomic mass is 35.5. The first-order valence-electron chi connectivity index (χ1n) is 11.3. The number of carboxylic acid groups (broad SMARTS) is 1. The predicted molar refractivity (Wildman–Crippen MR) is 139 cm³/mol. The van der Waals surface area contributed by atoms with Gasteiger partial charge in [0.25, 0.3) is 5.69 Å². The van der Waals surface area contributed by atoms with Gasteiger partial charge in [-0.1, -0.05) is 24.4 Å². The molecule has 1 saturated heterocycles. The van der Waals surface area contributed by atoms with E-state index in [0.717, 1.165) is 56.2 Å². The molecule has 4 rings (SSSR count). The van der Waals surface area contributed by atoms with Crippen molar-refractivity contribution in [2.45, 2.75) is 30.8 Å². The molecule has 0 radical (unpaired) electrons. The molecule has 0 amide bonds. The number of carboxylic acids is 1. The number of benzene rings is 2. The Hall–Kier alpha value is -3.57. The van der Waals surface area contributed by atoms with Gasteiger partial charge in [-0.3, -0.25) is 15.2 Å². The smallest absolute Gasteiger partial charge is 0.342 e. The van der Waals surface area contributed by atoms with Crippen LogP contribution in [-0.2, 0) is 4.79 Å². The molecule has 1 aromatic heterocycles. The number of nitrogens with zero attached hydrogens (tertiary/aromatic N) is 4. The maximum absolute atomic E-state index is 12.2. The SMILES string of the molecule is COc1ccc(Cl)cc1-c1nc(S/C(=C/c2cc([N+](=O)[O-])ccc2N2CCCCCC2)C(=O)O)n[nH]1. The van der Waals surface area contributed by atoms with Crippen LogP contribution in [0.1, 0.15) is 31.2 Å². The first-order chi connectivity index (χ1) is 17.4. The van der Waals surface area contributed by atoms with Crippen LogP contribution in [0.2, 0.25) is 5.02 Å². The van der Waals surface area contributed by atoms with Crippen LogP contribution in [0.25, 0.3) is 17.5 Å². The summed E-state index contributed by atoms with van der Waals surface area (Å²) < 4.78 is 5.35. The molecule has 2 heterocycles. The van der Waals surface area contributed by atoms with Gasteiger partial charge in [0.05, 0.1) is 17.6 Å². The van der Waals surface area contributed by atoms with E-state index in [1.165, 1.54) is 25.3 Å². The topological polar surface area (TPSA) is 134 Å². The highest BCUT2D eigenvalue weighted by Gasteiger charge is 2.20. The standard InChI is InChI=1S/C24H24ClN5O5S/c1-35-20-9-6-16(25)14-18(20)22-26-24(28-27-22)36-21(23(31)32)13-15-12-17(30(33)34)7-8-19(15)29-10-4-2-3-5-11-29/h6-9,12-14H,2-5,10-11H2,1H3,(H,31,32)(H,26,27,28)/b21-13+. The molecule has 188 valence electrons. The lowest BCUT2D eigenvalue weighted by Gasteiger charge is -2.24. The van der Waals surface area contributed by atoms with Crippen LogP contribution in [0.5, 0.6) is 5.75 Å². The Labute approximate surface area is 216 Å². The fraction of sp³-hybridized carbons (Fsp3) is 0.292. The van der Waals surface area contributed by atoms with Crippen molar-refractivity contribution < 1.29 is 19.6 Å². The van der Waals surface area contributed by atoms with Gasteiger partial charge in [0.1, 0.15) is 10.7 Å². The summed E-state index contributed by atoms with van der Waals surface area (Å²) in [6, 6.07) is 9.59. The molecular weight excluding hydrogens is 506 g/mol. The molecule has 0 atom stereocenters. The number of thioether (sulfide) groups is 1. The summed E-state index contributed by atoms with van der Waals surface area (Å²) in [4.78, 5) is 29.6. The van der Waals surface area contributed by atoms with Crippen molar-refractivity contribution in [2.24, 2.45) is 0 Å². The molecule has 2 N–H and O–H groups in total. The number of nitrogens with one attached hydrogen (secondary N) is 1. The van der Waals surface area contributed by atoms with Crippen LogP contribution in [0.15, 0.2) is 46.5 Å². The molecule has 1 aliphatic heterocycles. The third kappa shape index (κ3) is 5.97. The zero-order valence-corrected chi connectivity index (χ0v) is 21.0. The summed E-state index contributed by atoms with van der Waals surface area (Å²) in [7, 11) is 1.52. The van der Waals surface area contributed by atoms with Gasteiger partial charge in [-0.2, -0.15) is 0 Å². The first kappa shape index (κ1) is 25.5. The number of methoxy groups -OCH3 is 1. The summed E-state index contributed by atoms with van der Waals surface area (Å²) >= 11 is 6.95. The molecule has 0 bridgehead atoms. The maximum atomic E-state index is 12.2. The van der Waals surface area contributed by atoms with Crippen molar-refractivity contribution in [3.8, 4) is 17.1 Å². The molecule has 3 aromatic rings. The summed E-state index contributed by atoms with van der Waals surface area (Å²) in [6.07, 6.45) is 5.70. The number of carbonyl (C=O) groups is 1. The minimum atomic E-state index is -1.19. The molecule has 10 nitrogen and oxygen atoms in total. The van der Waals surface area contributed by atoms with E-state index in [1.54, 1.807) is 24.3 Å². The third-order valence-electron chi connectivity index (χ3n) is 5.75. The molecule has 36 heavy (non-hydrogen) atoms. The minimum Gasteiger partial charge on any atom is -0.496 e. The van der Waals surface area contributed by atoms with Gasteiger partial charge in [0, 0.05) is 41.5 Å². The van der Waals surface area contributed by atoms with Gasteiger partial charge >= 0.3 is 5.97 Å². The van der Waals surface area contributed by atoms with E-state index in [1.807, 2.05) is 0 Å². The van der Waals surface area contributed by atoms with E-state index in [4.69, 9.17) is 16.3 Å². The number of ether oxygens (including phenoxy) is 1. The Morgan fingerprint density at radius 1 is 1.22 bits per heavy atom. The predicted octanol–water partition coefficient (Wildman–Crippen LogP) is 5.64. The number of hydrogen-bond acceptors (Lipinski definition) is 8. The summed E-state index contributed by atoms with van der Waals surface area (Å²) in [6.45, 7) is 1.61. The number of nitro benzene ring substituents is 1. The lowest BCUT2D eigenvalue weighted by atomic mass is 10.1. The lowest BCUT2D eigenvalue weighted by molar-refractivity contribution is -0.384. The number of aromatic nitrogens is 3. The number of nitro groups is 1.